The van der Waals surface area contributed by atoms with Crippen LogP contribution in [0.15, 0.2) is 47.4 Å². The number of alkyl halides is 3. The van der Waals surface area contributed by atoms with Crippen LogP contribution in [0.4, 0.5) is 18.9 Å². The molecule has 1 saturated heterocycles. The predicted octanol–water partition coefficient (Wildman–Crippen LogP) is 4.41. The van der Waals surface area contributed by atoms with Crippen LogP contribution in [0.3, 0.4) is 0 Å². The lowest BCUT2D eigenvalue weighted by molar-refractivity contribution is -0.137. The van der Waals surface area contributed by atoms with Crippen LogP contribution in [-0.2, 0) is 21.0 Å². The average molecular weight is 477 g/mol. The molecule has 1 N–H and O–H groups in total. The largest absolute Gasteiger partial charge is 0.495 e. The summed E-state index contributed by atoms with van der Waals surface area (Å²) in [5.74, 6) is -1.14. The molecule has 0 spiro atoms. The van der Waals surface area contributed by atoms with E-state index in [0.29, 0.717) is 18.6 Å². The highest BCUT2D eigenvalue weighted by Crippen LogP contribution is 2.35. The molecular weight excluding hydrogens is 457 g/mol. The minimum Gasteiger partial charge on any atom is -0.495 e. The van der Waals surface area contributed by atoms with Crippen molar-refractivity contribution in [2.75, 3.05) is 25.5 Å². The Morgan fingerprint density at radius 2 is 1.94 bits per heavy atom. The number of hydrogen-bond acceptors (Lipinski definition) is 4. The predicted molar refractivity (Wildman–Crippen MR) is 110 cm³/mol. The maximum absolute atomic E-state index is 13.2. The molecule has 31 heavy (non-hydrogen) atoms. The Kier molecular flexibility index (Phi) is 6.82. The normalized spacial score (nSPS) is 17.9. The Hall–Kier alpha value is -2.30. The van der Waals surface area contributed by atoms with E-state index in [4.69, 9.17) is 16.3 Å². The standard InChI is InChI=1S/C20H20ClF3N2O4S/c1-30-18-9-8-14(11-16(18)21)31(28,29)26-10-4-5-13(12-26)19(27)25-17-7-3-2-6-15(17)20(22,23)24/h2-3,6-9,11,13H,4-5,10,12H2,1H3,(H,25,27). The van der Waals surface area contributed by atoms with Gasteiger partial charge in [0.2, 0.25) is 15.9 Å². The molecule has 1 atom stereocenters. The summed E-state index contributed by atoms with van der Waals surface area (Å²) in [6, 6.07) is 8.70. The number of ether oxygens (including phenoxy) is 1. The number of piperidine rings is 1. The fraction of sp³-hybridized carbons (Fsp3) is 0.350. The zero-order valence-electron chi connectivity index (χ0n) is 16.4. The number of nitrogens with one attached hydrogen (secondary N) is 1. The van der Waals surface area contributed by atoms with Crippen molar-refractivity contribution in [1.29, 1.82) is 0 Å². The number of para-hydroxylation sites is 1. The van der Waals surface area contributed by atoms with E-state index in [1.807, 2.05) is 0 Å². The van der Waals surface area contributed by atoms with Gasteiger partial charge in [-0.05, 0) is 43.2 Å². The van der Waals surface area contributed by atoms with Crippen LogP contribution in [0, 0.1) is 5.92 Å². The number of benzene rings is 2. The van der Waals surface area contributed by atoms with Crippen molar-refractivity contribution in [3.63, 3.8) is 0 Å². The lowest BCUT2D eigenvalue weighted by Gasteiger charge is -2.31. The Morgan fingerprint density at radius 1 is 1.23 bits per heavy atom. The molecule has 1 amide bonds. The number of methoxy groups -OCH3 is 1. The number of carbonyl (C=O) groups is 1. The topological polar surface area (TPSA) is 75.7 Å². The van der Waals surface area contributed by atoms with Crippen molar-refractivity contribution >= 4 is 33.2 Å². The van der Waals surface area contributed by atoms with Crippen molar-refractivity contribution in [2.24, 2.45) is 5.92 Å². The van der Waals surface area contributed by atoms with Gasteiger partial charge in [0, 0.05) is 13.1 Å². The first-order chi connectivity index (χ1) is 14.5. The lowest BCUT2D eigenvalue weighted by Crippen LogP contribution is -2.43. The van der Waals surface area contributed by atoms with Crippen LogP contribution < -0.4 is 10.1 Å². The van der Waals surface area contributed by atoms with E-state index >= 15 is 0 Å². The van der Waals surface area contributed by atoms with Gasteiger partial charge in [-0.2, -0.15) is 17.5 Å². The van der Waals surface area contributed by atoms with Gasteiger partial charge < -0.3 is 10.1 Å². The average Bonchev–Trinajstić information content (AvgIpc) is 2.73. The summed E-state index contributed by atoms with van der Waals surface area (Å²) >= 11 is 6.03. The summed E-state index contributed by atoms with van der Waals surface area (Å²) in [4.78, 5) is 12.6. The summed E-state index contributed by atoms with van der Waals surface area (Å²) in [6.45, 7) is 0.0426. The van der Waals surface area contributed by atoms with Gasteiger partial charge in [-0.25, -0.2) is 8.42 Å². The Bertz CT molecular complexity index is 1080. The molecule has 1 unspecified atom stereocenters. The van der Waals surface area contributed by atoms with Gasteiger partial charge in [-0.15, -0.1) is 0 Å². The maximum atomic E-state index is 13.2. The number of hydrogen-bond donors (Lipinski definition) is 1. The number of rotatable bonds is 5. The second-order valence-corrected chi connectivity index (χ2v) is 9.38. The molecule has 2 aromatic carbocycles. The second kappa shape index (κ2) is 9.05. The monoisotopic (exact) mass is 476 g/mol. The third-order valence-corrected chi connectivity index (χ3v) is 7.16. The van der Waals surface area contributed by atoms with E-state index < -0.39 is 33.6 Å². The Balaban J connectivity index is 1.78. The van der Waals surface area contributed by atoms with Crippen molar-refractivity contribution in [2.45, 2.75) is 23.9 Å². The van der Waals surface area contributed by atoms with E-state index in [-0.39, 0.29) is 28.7 Å². The number of halogens is 4. The molecule has 0 saturated carbocycles. The van der Waals surface area contributed by atoms with Gasteiger partial charge in [-0.1, -0.05) is 23.7 Å². The Morgan fingerprint density at radius 3 is 2.58 bits per heavy atom. The van der Waals surface area contributed by atoms with Crippen molar-refractivity contribution in [1.82, 2.24) is 4.31 Å². The van der Waals surface area contributed by atoms with Crippen LogP contribution in [0.1, 0.15) is 18.4 Å². The molecule has 0 bridgehead atoms. The lowest BCUT2D eigenvalue weighted by atomic mass is 9.98. The van der Waals surface area contributed by atoms with Gasteiger partial charge in [0.15, 0.2) is 0 Å². The highest BCUT2D eigenvalue weighted by atomic mass is 35.5. The van der Waals surface area contributed by atoms with Gasteiger partial charge >= 0.3 is 6.18 Å². The van der Waals surface area contributed by atoms with Crippen LogP contribution in [0.25, 0.3) is 0 Å². The van der Waals surface area contributed by atoms with Gasteiger partial charge in [0.25, 0.3) is 0 Å². The molecule has 1 heterocycles. The van der Waals surface area contributed by atoms with Gasteiger partial charge in [0.05, 0.1) is 34.2 Å². The molecule has 6 nitrogen and oxygen atoms in total. The first kappa shape index (κ1) is 23.4. The number of carbonyl (C=O) groups excluding carboxylic acids is 1. The molecule has 1 aliphatic rings. The first-order valence-electron chi connectivity index (χ1n) is 9.35. The van der Waals surface area contributed by atoms with Gasteiger partial charge in [0.1, 0.15) is 5.75 Å². The summed E-state index contributed by atoms with van der Waals surface area (Å²) < 4.78 is 71.7. The fourth-order valence-electron chi connectivity index (χ4n) is 3.41. The SMILES string of the molecule is COc1ccc(S(=O)(=O)N2CCCC(C(=O)Nc3ccccc3C(F)(F)F)C2)cc1Cl. The number of amides is 1. The van der Waals surface area contributed by atoms with Crippen molar-refractivity contribution in [3.05, 3.63) is 53.1 Å². The van der Waals surface area contributed by atoms with E-state index in [1.165, 1.54) is 37.4 Å². The van der Waals surface area contributed by atoms with Crippen LogP contribution in [0.2, 0.25) is 5.02 Å². The van der Waals surface area contributed by atoms with E-state index in [9.17, 15) is 26.4 Å². The number of sulfonamides is 1. The van der Waals surface area contributed by atoms with E-state index in [1.54, 1.807) is 0 Å². The third-order valence-electron chi connectivity index (χ3n) is 5.01. The number of nitrogens with zero attached hydrogens (tertiary/aromatic N) is 1. The summed E-state index contributed by atoms with van der Waals surface area (Å²) in [5, 5.41) is 2.43. The summed E-state index contributed by atoms with van der Waals surface area (Å²) in [6.07, 6.45) is -3.88. The molecule has 0 aliphatic carbocycles. The third kappa shape index (κ3) is 5.13. The van der Waals surface area contributed by atoms with E-state index in [0.717, 1.165) is 16.4 Å². The minimum absolute atomic E-state index is 0.0539. The molecule has 1 aliphatic heterocycles. The summed E-state index contributed by atoms with van der Waals surface area (Å²) in [7, 11) is -2.54. The van der Waals surface area contributed by atoms with Crippen molar-refractivity contribution < 1.29 is 31.1 Å². The molecule has 2 aromatic rings. The quantitative estimate of drug-likeness (QED) is 0.693. The van der Waals surface area contributed by atoms with Crippen LogP contribution in [-0.4, -0.2) is 38.8 Å². The zero-order valence-corrected chi connectivity index (χ0v) is 18.0. The van der Waals surface area contributed by atoms with E-state index in [2.05, 4.69) is 5.32 Å². The first-order valence-corrected chi connectivity index (χ1v) is 11.2. The second-order valence-electron chi connectivity index (χ2n) is 7.03. The molecule has 168 valence electrons. The molecule has 3 rings (SSSR count). The molecule has 0 aromatic heterocycles. The van der Waals surface area contributed by atoms with Crippen LogP contribution in [0.5, 0.6) is 5.75 Å². The molecular formula is C20H20ClF3N2O4S. The zero-order chi connectivity index (χ0) is 22.8. The smallest absolute Gasteiger partial charge is 0.418 e. The molecule has 1 fully saturated rings. The van der Waals surface area contributed by atoms with Gasteiger partial charge in [-0.3, -0.25) is 4.79 Å². The highest BCUT2D eigenvalue weighted by molar-refractivity contribution is 7.89. The maximum Gasteiger partial charge on any atom is 0.418 e. The molecule has 11 heteroatoms. The highest BCUT2D eigenvalue weighted by Gasteiger charge is 2.36. The minimum atomic E-state index is -4.63. The number of anilines is 1. The Labute approximate surface area is 183 Å². The summed E-state index contributed by atoms with van der Waals surface area (Å²) in [5.41, 5.74) is -1.32. The molecule has 0 radical (unpaired) electrons. The van der Waals surface area contributed by atoms with Crippen molar-refractivity contribution in [3.8, 4) is 5.75 Å². The fourth-order valence-corrected chi connectivity index (χ4v) is 5.28. The van der Waals surface area contributed by atoms with Crippen LogP contribution >= 0.6 is 11.6 Å².